The van der Waals surface area contributed by atoms with Gasteiger partial charge in [0.25, 0.3) is 0 Å². The van der Waals surface area contributed by atoms with Gasteiger partial charge < -0.3 is 20.3 Å². The summed E-state index contributed by atoms with van der Waals surface area (Å²) in [5.41, 5.74) is 5.46. The molecule has 4 heterocycles. The lowest BCUT2D eigenvalue weighted by Crippen LogP contribution is -2.29. The quantitative estimate of drug-likeness (QED) is 0.355. The van der Waals surface area contributed by atoms with Crippen LogP contribution in [0.3, 0.4) is 0 Å². The van der Waals surface area contributed by atoms with E-state index in [1.54, 1.807) is 25.7 Å². The summed E-state index contributed by atoms with van der Waals surface area (Å²) in [5.74, 6) is 2.62. The predicted molar refractivity (Wildman–Crippen MR) is 143 cm³/mol. The third-order valence-electron chi connectivity index (χ3n) is 6.59. The zero-order chi connectivity index (χ0) is 24.9. The number of nitrogens with zero attached hydrogens (tertiary/aromatic N) is 5. The number of aryl methyl sites for hydroxylation is 1. The second kappa shape index (κ2) is 10.7. The fourth-order valence-electron chi connectivity index (χ4n) is 4.54. The van der Waals surface area contributed by atoms with E-state index < -0.39 is 0 Å². The molecule has 8 heteroatoms. The number of rotatable bonds is 7. The predicted octanol–water partition coefficient (Wildman–Crippen LogP) is 5.55. The van der Waals surface area contributed by atoms with E-state index in [9.17, 15) is 0 Å². The van der Waals surface area contributed by atoms with Crippen LogP contribution in [0.4, 0.5) is 23.1 Å². The molecule has 184 valence electrons. The van der Waals surface area contributed by atoms with E-state index >= 15 is 0 Å². The Kier molecular flexibility index (Phi) is 7.04. The Balaban J connectivity index is 1.37. The third-order valence-corrected chi connectivity index (χ3v) is 6.59. The largest absolute Gasteiger partial charge is 0.496 e. The van der Waals surface area contributed by atoms with Crippen LogP contribution in [0, 0.1) is 6.92 Å². The van der Waals surface area contributed by atoms with Gasteiger partial charge in [-0.2, -0.15) is 4.98 Å². The number of likely N-dealkylation sites (tertiary alicyclic amines) is 1. The van der Waals surface area contributed by atoms with E-state index in [1.807, 2.05) is 43.3 Å². The Hall–Kier alpha value is -4.04. The summed E-state index contributed by atoms with van der Waals surface area (Å²) in [7, 11) is 3.91. The van der Waals surface area contributed by atoms with Gasteiger partial charge in [-0.05, 0) is 81.7 Å². The monoisotopic (exact) mass is 481 g/mol. The average Bonchev–Trinajstić information content (AvgIpc) is 2.92. The first kappa shape index (κ1) is 23.7. The van der Waals surface area contributed by atoms with E-state index in [2.05, 4.69) is 49.7 Å². The molecule has 1 fully saturated rings. The molecular weight excluding hydrogens is 450 g/mol. The summed E-state index contributed by atoms with van der Waals surface area (Å²) in [5, 5.41) is 6.76. The first-order valence-corrected chi connectivity index (χ1v) is 12.2. The SMILES string of the molecule is COc1cc(Nc2ncc(C)c(Nc3cccnc3-c3ccccn3)n2)ccc1C1CCN(C)CC1. The highest BCUT2D eigenvalue weighted by molar-refractivity contribution is 5.76. The normalized spacial score (nSPS) is 14.4. The number of ether oxygens (including phenoxy) is 1. The zero-order valence-corrected chi connectivity index (χ0v) is 20.9. The van der Waals surface area contributed by atoms with E-state index in [1.165, 1.54) is 5.56 Å². The molecule has 0 spiro atoms. The summed E-state index contributed by atoms with van der Waals surface area (Å²) in [6, 6.07) is 15.9. The molecule has 2 N–H and O–H groups in total. The molecular formula is C28H31N7O. The van der Waals surface area contributed by atoms with Crippen molar-refractivity contribution in [2.24, 2.45) is 0 Å². The third kappa shape index (κ3) is 5.28. The molecule has 1 aliphatic rings. The summed E-state index contributed by atoms with van der Waals surface area (Å²) in [6.07, 6.45) is 7.61. The molecule has 5 rings (SSSR count). The van der Waals surface area contributed by atoms with Crippen molar-refractivity contribution in [1.29, 1.82) is 0 Å². The number of hydrogen-bond acceptors (Lipinski definition) is 8. The maximum atomic E-state index is 5.76. The lowest BCUT2D eigenvalue weighted by molar-refractivity contribution is 0.252. The van der Waals surface area contributed by atoms with Gasteiger partial charge in [-0.3, -0.25) is 9.97 Å². The molecule has 0 bridgehead atoms. The number of methoxy groups -OCH3 is 1. The van der Waals surface area contributed by atoms with E-state index in [-0.39, 0.29) is 0 Å². The summed E-state index contributed by atoms with van der Waals surface area (Å²) in [6.45, 7) is 4.20. The maximum Gasteiger partial charge on any atom is 0.229 e. The van der Waals surface area contributed by atoms with Gasteiger partial charge in [0.05, 0.1) is 18.5 Å². The second-order valence-corrected chi connectivity index (χ2v) is 9.12. The Morgan fingerprint density at radius 2 is 1.78 bits per heavy atom. The van der Waals surface area contributed by atoms with Crippen LogP contribution < -0.4 is 15.4 Å². The number of benzene rings is 1. The van der Waals surface area contributed by atoms with Crippen LogP contribution in [0.25, 0.3) is 11.4 Å². The van der Waals surface area contributed by atoms with E-state index in [0.717, 1.165) is 60.0 Å². The van der Waals surface area contributed by atoms with Crippen molar-refractivity contribution in [2.45, 2.75) is 25.7 Å². The van der Waals surface area contributed by atoms with Crippen LogP contribution in [0.5, 0.6) is 5.75 Å². The molecule has 1 saturated heterocycles. The number of anilines is 4. The molecule has 0 aliphatic carbocycles. The van der Waals surface area contributed by atoms with Gasteiger partial charge in [0, 0.05) is 35.9 Å². The Labute approximate surface area is 211 Å². The molecule has 0 amide bonds. The van der Waals surface area contributed by atoms with Crippen LogP contribution in [-0.2, 0) is 0 Å². The van der Waals surface area contributed by atoms with Gasteiger partial charge in [-0.1, -0.05) is 12.1 Å². The number of hydrogen-bond donors (Lipinski definition) is 2. The van der Waals surface area contributed by atoms with Crippen LogP contribution in [0.1, 0.15) is 29.9 Å². The van der Waals surface area contributed by atoms with Crippen molar-refractivity contribution in [1.82, 2.24) is 24.8 Å². The van der Waals surface area contributed by atoms with Crippen molar-refractivity contribution in [3.63, 3.8) is 0 Å². The smallest absolute Gasteiger partial charge is 0.229 e. The van der Waals surface area contributed by atoms with Crippen LogP contribution in [-0.4, -0.2) is 52.1 Å². The van der Waals surface area contributed by atoms with Crippen LogP contribution in [0.15, 0.2) is 67.1 Å². The average molecular weight is 482 g/mol. The summed E-state index contributed by atoms with van der Waals surface area (Å²) < 4.78 is 5.76. The van der Waals surface area contributed by atoms with Gasteiger partial charge in [0.2, 0.25) is 5.95 Å². The minimum Gasteiger partial charge on any atom is -0.496 e. The molecule has 3 aromatic heterocycles. The van der Waals surface area contributed by atoms with Crippen molar-refractivity contribution in [3.05, 3.63) is 78.2 Å². The molecule has 36 heavy (non-hydrogen) atoms. The minimum absolute atomic E-state index is 0.500. The first-order chi connectivity index (χ1) is 17.6. The highest BCUT2D eigenvalue weighted by Crippen LogP contribution is 2.36. The topological polar surface area (TPSA) is 88.1 Å². The highest BCUT2D eigenvalue weighted by atomic mass is 16.5. The van der Waals surface area contributed by atoms with Gasteiger partial charge in [0.15, 0.2) is 0 Å². The molecule has 0 saturated carbocycles. The van der Waals surface area contributed by atoms with Gasteiger partial charge >= 0.3 is 0 Å². The molecule has 1 aliphatic heterocycles. The van der Waals surface area contributed by atoms with Crippen molar-refractivity contribution >= 4 is 23.1 Å². The highest BCUT2D eigenvalue weighted by Gasteiger charge is 2.21. The first-order valence-electron chi connectivity index (χ1n) is 12.2. The number of piperidine rings is 1. The maximum absolute atomic E-state index is 5.76. The number of nitrogens with one attached hydrogen (secondary N) is 2. The number of aromatic nitrogens is 4. The summed E-state index contributed by atoms with van der Waals surface area (Å²) >= 11 is 0. The lowest BCUT2D eigenvalue weighted by atomic mass is 9.89. The minimum atomic E-state index is 0.500. The molecule has 0 atom stereocenters. The van der Waals surface area contributed by atoms with Crippen LogP contribution >= 0.6 is 0 Å². The van der Waals surface area contributed by atoms with Crippen molar-refractivity contribution < 1.29 is 4.74 Å². The zero-order valence-electron chi connectivity index (χ0n) is 20.9. The molecule has 4 aromatic rings. The fraction of sp³-hybridized carbons (Fsp3) is 0.286. The Morgan fingerprint density at radius 1 is 0.944 bits per heavy atom. The van der Waals surface area contributed by atoms with Gasteiger partial charge in [0.1, 0.15) is 17.3 Å². The fourth-order valence-corrected chi connectivity index (χ4v) is 4.54. The van der Waals surface area contributed by atoms with Crippen molar-refractivity contribution in [3.8, 4) is 17.1 Å². The Bertz CT molecular complexity index is 1320. The second-order valence-electron chi connectivity index (χ2n) is 9.12. The molecule has 0 unspecified atom stereocenters. The standard InChI is InChI=1S/C28H31N7O/c1-19-18-31-28(32-21-9-10-22(25(17-21)36-3)20-11-15-35(2)16-12-20)34-27(19)33-24-8-6-14-30-26(24)23-7-4-5-13-29-23/h4-10,13-14,17-18,20H,11-12,15-16H2,1-3H3,(H2,31,32,33,34). The van der Waals surface area contributed by atoms with Gasteiger partial charge in [-0.15, -0.1) is 0 Å². The molecule has 1 aromatic carbocycles. The van der Waals surface area contributed by atoms with Gasteiger partial charge in [-0.25, -0.2) is 4.98 Å². The number of pyridine rings is 2. The van der Waals surface area contributed by atoms with E-state index in [4.69, 9.17) is 9.72 Å². The Morgan fingerprint density at radius 3 is 2.56 bits per heavy atom. The lowest BCUT2D eigenvalue weighted by Gasteiger charge is -2.30. The van der Waals surface area contributed by atoms with Crippen molar-refractivity contribution in [2.75, 3.05) is 37.9 Å². The van der Waals surface area contributed by atoms with E-state index in [0.29, 0.717) is 17.7 Å². The molecule has 0 radical (unpaired) electrons. The van der Waals surface area contributed by atoms with Crippen LogP contribution in [0.2, 0.25) is 0 Å². The molecule has 8 nitrogen and oxygen atoms in total. The summed E-state index contributed by atoms with van der Waals surface area (Å²) in [4.78, 5) is 20.6.